The third-order valence-electron chi connectivity index (χ3n) is 4.76. The lowest BCUT2D eigenvalue weighted by molar-refractivity contribution is 0.0733. The lowest BCUT2D eigenvalue weighted by Crippen LogP contribution is -2.10. The van der Waals surface area contributed by atoms with Crippen LogP contribution in [0.15, 0.2) is 60.4 Å². The van der Waals surface area contributed by atoms with Crippen LogP contribution in [0.4, 0.5) is 0 Å². The van der Waals surface area contributed by atoms with Crippen LogP contribution in [-0.4, -0.2) is 11.8 Å². The summed E-state index contributed by atoms with van der Waals surface area (Å²) in [7, 11) is 0. The second-order valence-corrected chi connectivity index (χ2v) is 7.75. The first kappa shape index (κ1) is 20.2. The molecule has 0 aromatic heterocycles. The molecule has 1 aliphatic rings. The molecule has 150 valence electrons. The zero-order chi connectivity index (χ0) is 21.4. The monoisotopic (exact) mass is 438 g/mol. The fraction of sp³-hybridized carbons (Fsp3) is 0.0833. The minimum absolute atomic E-state index is 0.161. The molecule has 30 heavy (non-hydrogen) atoms. The van der Waals surface area contributed by atoms with Crippen LogP contribution in [-0.2, 0) is 0 Å². The molecule has 3 aromatic rings. The highest BCUT2D eigenvalue weighted by molar-refractivity contribution is 6.42. The van der Waals surface area contributed by atoms with Crippen molar-refractivity contribution in [3.05, 3.63) is 98.2 Å². The molecule has 3 aromatic carbocycles. The van der Waals surface area contributed by atoms with Gasteiger partial charge in [0.05, 0.1) is 21.2 Å². The van der Waals surface area contributed by atoms with E-state index >= 15 is 0 Å². The van der Waals surface area contributed by atoms with Crippen molar-refractivity contribution < 1.29 is 19.1 Å². The van der Waals surface area contributed by atoms with Crippen LogP contribution in [0.5, 0.6) is 11.5 Å². The predicted molar refractivity (Wildman–Crippen MR) is 117 cm³/mol. The van der Waals surface area contributed by atoms with E-state index < -0.39 is 5.97 Å². The summed E-state index contributed by atoms with van der Waals surface area (Å²) in [4.78, 5) is 25.3. The van der Waals surface area contributed by atoms with Crippen LogP contribution >= 0.6 is 23.2 Å². The van der Waals surface area contributed by atoms with Gasteiger partial charge < -0.3 is 9.47 Å². The molecule has 0 aliphatic carbocycles. The fourth-order valence-electron chi connectivity index (χ4n) is 3.25. The van der Waals surface area contributed by atoms with Crippen LogP contribution in [0, 0.1) is 13.8 Å². The molecule has 0 amide bonds. The maximum absolute atomic E-state index is 12.8. The number of ether oxygens (including phenoxy) is 2. The number of Topliss-reactive ketones (excluding diaryl/α,β-unsaturated/α-hetero) is 1. The Bertz CT molecular complexity index is 1230. The van der Waals surface area contributed by atoms with E-state index in [1.165, 1.54) is 0 Å². The van der Waals surface area contributed by atoms with Gasteiger partial charge >= 0.3 is 5.97 Å². The van der Waals surface area contributed by atoms with Crippen LogP contribution in [0.25, 0.3) is 6.08 Å². The molecule has 0 radical (unpaired) electrons. The van der Waals surface area contributed by atoms with Crippen LogP contribution in [0.3, 0.4) is 0 Å². The SMILES string of the molecule is Cc1ccccc1C(=O)Oc1cc(C)c2c(c1)O/C(=C\c1ccc(Cl)c(Cl)c1)C2=O. The van der Waals surface area contributed by atoms with E-state index in [2.05, 4.69) is 0 Å². The molecule has 4 rings (SSSR count). The number of aryl methyl sites for hydroxylation is 2. The molecular formula is C24H16Cl2O4. The Morgan fingerprint density at radius 1 is 0.967 bits per heavy atom. The van der Waals surface area contributed by atoms with Gasteiger partial charge in [0.2, 0.25) is 5.78 Å². The first-order chi connectivity index (χ1) is 14.3. The van der Waals surface area contributed by atoms with Gasteiger partial charge in [0.15, 0.2) is 5.76 Å². The van der Waals surface area contributed by atoms with Crippen LogP contribution in [0.2, 0.25) is 10.0 Å². The molecule has 0 spiro atoms. The number of fused-ring (bicyclic) bond motifs is 1. The molecule has 0 atom stereocenters. The quantitative estimate of drug-likeness (QED) is 0.268. The first-order valence-corrected chi connectivity index (χ1v) is 9.91. The Morgan fingerprint density at radius 3 is 2.47 bits per heavy atom. The van der Waals surface area contributed by atoms with Gasteiger partial charge in [-0.1, -0.05) is 47.5 Å². The molecule has 0 fully saturated rings. The van der Waals surface area contributed by atoms with E-state index in [0.29, 0.717) is 43.8 Å². The highest BCUT2D eigenvalue weighted by Crippen LogP contribution is 2.38. The highest BCUT2D eigenvalue weighted by atomic mass is 35.5. The zero-order valence-electron chi connectivity index (χ0n) is 16.2. The average Bonchev–Trinajstić information content (AvgIpc) is 3.00. The third-order valence-corrected chi connectivity index (χ3v) is 5.50. The molecule has 0 N–H and O–H groups in total. The van der Waals surface area contributed by atoms with Gasteiger partial charge in [0.25, 0.3) is 0 Å². The number of hydrogen-bond donors (Lipinski definition) is 0. The van der Waals surface area contributed by atoms with E-state index in [9.17, 15) is 9.59 Å². The summed E-state index contributed by atoms with van der Waals surface area (Å²) in [5, 5.41) is 0.812. The Hall–Kier alpha value is -3.08. The lowest BCUT2D eigenvalue weighted by Gasteiger charge is -2.09. The fourth-order valence-corrected chi connectivity index (χ4v) is 3.56. The molecule has 0 saturated carbocycles. The van der Waals surface area contributed by atoms with E-state index in [1.807, 2.05) is 19.1 Å². The second kappa shape index (κ2) is 7.98. The number of carbonyl (C=O) groups excluding carboxylic acids is 2. The number of esters is 1. The number of rotatable bonds is 3. The second-order valence-electron chi connectivity index (χ2n) is 6.93. The summed E-state index contributed by atoms with van der Waals surface area (Å²) < 4.78 is 11.3. The molecule has 1 heterocycles. The predicted octanol–water partition coefficient (Wildman–Crippen LogP) is 6.45. The lowest BCUT2D eigenvalue weighted by atomic mass is 10.0. The van der Waals surface area contributed by atoms with Crippen molar-refractivity contribution in [2.75, 3.05) is 0 Å². The maximum Gasteiger partial charge on any atom is 0.343 e. The van der Waals surface area contributed by atoms with E-state index in [4.69, 9.17) is 32.7 Å². The number of allylic oxidation sites excluding steroid dienone is 1. The number of carbonyl (C=O) groups is 2. The van der Waals surface area contributed by atoms with Gasteiger partial charge in [-0.15, -0.1) is 0 Å². The van der Waals surface area contributed by atoms with Crippen molar-refractivity contribution >= 4 is 41.0 Å². The Labute approximate surface area is 183 Å². The molecule has 0 bridgehead atoms. The Kier molecular flexibility index (Phi) is 5.37. The number of halogens is 2. The topological polar surface area (TPSA) is 52.6 Å². The summed E-state index contributed by atoms with van der Waals surface area (Å²) in [5.41, 5.74) is 3.08. The standard InChI is InChI=1S/C24H16Cl2O4/c1-13-5-3-4-6-17(13)24(28)29-16-9-14(2)22-20(12-16)30-21(23(22)27)11-15-7-8-18(25)19(26)10-15/h3-12H,1-2H3/b21-11-. The molecule has 4 nitrogen and oxygen atoms in total. The van der Waals surface area contributed by atoms with Crippen molar-refractivity contribution in [1.29, 1.82) is 0 Å². The number of hydrogen-bond acceptors (Lipinski definition) is 4. The number of ketones is 1. The van der Waals surface area contributed by atoms with Crippen molar-refractivity contribution in [1.82, 2.24) is 0 Å². The van der Waals surface area contributed by atoms with Gasteiger partial charge in [0.1, 0.15) is 11.5 Å². The summed E-state index contributed by atoms with van der Waals surface area (Å²) in [6.07, 6.45) is 1.60. The van der Waals surface area contributed by atoms with E-state index in [1.54, 1.807) is 55.5 Å². The van der Waals surface area contributed by atoms with Gasteiger partial charge in [-0.3, -0.25) is 4.79 Å². The van der Waals surface area contributed by atoms with Crippen molar-refractivity contribution in [3.63, 3.8) is 0 Å². The number of benzene rings is 3. The van der Waals surface area contributed by atoms with Gasteiger partial charge in [-0.25, -0.2) is 4.79 Å². The first-order valence-electron chi connectivity index (χ1n) is 9.15. The van der Waals surface area contributed by atoms with Gasteiger partial charge in [0, 0.05) is 6.07 Å². The molecule has 0 saturated heterocycles. The Balaban J connectivity index is 1.62. The van der Waals surface area contributed by atoms with Gasteiger partial charge in [-0.05, 0) is 60.9 Å². The Morgan fingerprint density at radius 2 is 1.73 bits per heavy atom. The normalized spacial score (nSPS) is 13.9. The molecule has 1 aliphatic heterocycles. The summed E-state index contributed by atoms with van der Waals surface area (Å²) in [5.74, 6) is 0.101. The minimum atomic E-state index is -0.469. The largest absolute Gasteiger partial charge is 0.452 e. The van der Waals surface area contributed by atoms with Crippen LogP contribution < -0.4 is 9.47 Å². The third kappa shape index (κ3) is 3.84. The van der Waals surface area contributed by atoms with E-state index in [-0.39, 0.29) is 11.5 Å². The van der Waals surface area contributed by atoms with Crippen molar-refractivity contribution in [2.45, 2.75) is 13.8 Å². The highest BCUT2D eigenvalue weighted by Gasteiger charge is 2.30. The summed E-state index contributed by atoms with van der Waals surface area (Å²) in [6, 6.07) is 15.4. The minimum Gasteiger partial charge on any atom is -0.452 e. The average molecular weight is 439 g/mol. The summed E-state index contributed by atoms with van der Waals surface area (Å²) in [6.45, 7) is 3.61. The summed E-state index contributed by atoms with van der Waals surface area (Å²) >= 11 is 12.0. The van der Waals surface area contributed by atoms with Crippen molar-refractivity contribution in [3.8, 4) is 11.5 Å². The smallest absolute Gasteiger partial charge is 0.343 e. The molecule has 6 heteroatoms. The van der Waals surface area contributed by atoms with Crippen molar-refractivity contribution in [2.24, 2.45) is 0 Å². The zero-order valence-corrected chi connectivity index (χ0v) is 17.7. The van der Waals surface area contributed by atoms with E-state index in [0.717, 1.165) is 5.56 Å². The van der Waals surface area contributed by atoms with Crippen LogP contribution in [0.1, 0.15) is 37.4 Å². The van der Waals surface area contributed by atoms with Gasteiger partial charge in [-0.2, -0.15) is 0 Å². The molecular weight excluding hydrogens is 423 g/mol. The maximum atomic E-state index is 12.8. The molecule has 0 unspecified atom stereocenters.